The van der Waals surface area contributed by atoms with E-state index in [2.05, 4.69) is 15.3 Å². The molecule has 0 bridgehead atoms. The molecule has 1 aromatic carbocycles. The number of amides is 2. The minimum Gasteiger partial charge on any atom is -0.347 e. The molecule has 1 aliphatic rings. The fraction of sp³-hybridized carbons (Fsp3) is 0.500. The number of anilines is 1. The lowest BCUT2D eigenvalue weighted by atomic mass is 10.1. The third-order valence-electron chi connectivity index (χ3n) is 3.54. The number of nitrogens with one attached hydrogen (secondary N) is 1. The fourth-order valence-electron chi connectivity index (χ4n) is 2.60. The van der Waals surface area contributed by atoms with E-state index < -0.39 is 0 Å². The lowest BCUT2D eigenvalue weighted by Gasteiger charge is -2.24. The van der Waals surface area contributed by atoms with Gasteiger partial charge in [-0.25, -0.2) is 0 Å². The first kappa shape index (κ1) is 16.8. The smallest absolute Gasteiger partial charge is 0.253 e. The first-order valence-corrected chi connectivity index (χ1v) is 7.54. The van der Waals surface area contributed by atoms with Crippen LogP contribution in [0.4, 0.5) is 5.69 Å². The van der Waals surface area contributed by atoms with Crippen LogP contribution in [0, 0.1) is 5.92 Å². The normalized spacial score (nSPS) is 17.8. The van der Waals surface area contributed by atoms with Gasteiger partial charge in [0.15, 0.2) is 0 Å². The van der Waals surface area contributed by atoms with E-state index >= 15 is 0 Å². The lowest BCUT2D eigenvalue weighted by molar-refractivity contribution is -0.117. The van der Waals surface area contributed by atoms with E-state index in [-0.39, 0.29) is 29.8 Å². The Hall–Kier alpha value is -2.53. The Balaban J connectivity index is 2.25. The van der Waals surface area contributed by atoms with Crippen LogP contribution in [-0.4, -0.2) is 30.4 Å². The number of rotatable bonds is 4. The summed E-state index contributed by atoms with van der Waals surface area (Å²) in [5, 5.41) is 6.46. The van der Waals surface area contributed by atoms with Gasteiger partial charge in [-0.15, -0.1) is 0 Å². The summed E-state index contributed by atoms with van der Waals surface area (Å²) in [5.74, 6) is -0.282. The molecule has 0 aliphatic carbocycles. The van der Waals surface area contributed by atoms with Gasteiger partial charge in [0.25, 0.3) is 5.91 Å². The zero-order valence-electron chi connectivity index (χ0n) is 13.6. The van der Waals surface area contributed by atoms with Gasteiger partial charge in [0, 0.05) is 30.0 Å². The molecule has 0 aromatic heterocycles. The second kappa shape index (κ2) is 6.71. The molecule has 7 heteroatoms. The second-order valence-electron chi connectivity index (χ2n) is 6.71. The molecule has 2 amide bonds. The molecule has 0 radical (unpaired) electrons. The number of hydrogen-bond acceptors (Lipinski definition) is 3. The number of azide groups is 1. The summed E-state index contributed by atoms with van der Waals surface area (Å²) in [6.45, 7) is 6.46. The van der Waals surface area contributed by atoms with Crippen LogP contribution in [0.3, 0.4) is 0 Å². The van der Waals surface area contributed by atoms with Gasteiger partial charge in [-0.2, -0.15) is 0 Å². The molecular weight excluding hydrogens is 294 g/mol. The first-order valence-electron chi connectivity index (χ1n) is 7.54. The van der Waals surface area contributed by atoms with Crippen LogP contribution in [0.15, 0.2) is 29.4 Å². The summed E-state index contributed by atoms with van der Waals surface area (Å²) in [4.78, 5) is 29.1. The van der Waals surface area contributed by atoms with Gasteiger partial charge in [0.2, 0.25) is 5.91 Å². The maximum absolute atomic E-state index is 12.5. The maximum Gasteiger partial charge on any atom is 0.253 e. The van der Waals surface area contributed by atoms with Crippen molar-refractivity contribution in [3.8, 4) is 0 Å². The highest BCUT2D eigenvalue weighted by Crippen LogP contribution is 2.28. The van der Waals surface area contributed by atoms with Crippen LogP contribution < -0.4 is 10.2 Å². The number of carbonyl (C=O) groups excluding carboxylic acids is 2. The Morgan fingerprint density at radius 3 is 2.78 bits per heavy atom. The van der Waals surface area contributed by atoms with E-state index in [0.29, 0.717) is 24.2 Å². The largest absolute Gasteiger partial charge is 0.347 e. The van der Waals surface area contributed by atoms with Crippen molar-refractivity contribution in [2.45, 2.75) is 32.7 Å². The molecule has 0 saturated carbocycles. The fourth-order valence-corrected chi connectivity index (χ4v) is 2.60. The van der Waals surface area contributed by atoms with Crippen molar-refractivity contribution in [2.24, 2.45) is 11.0 Å². The summed E-state index contributed by atoms with van der Waals surface area (Å²) < 4.78 is 0. The van der Waals surface area contributed by atoms with Gasteiger partial charge < -0.3 is 10.2 Å². The molecular formula is C16H21N5O2. The van der Waals surface area contributed by atoms with Gasteiger partial charge >= 0.3 is 0 Å². The van der Waals surface area contributed by atoms with Crippen molar-refractivity contribution in [3.63, 3.8) is 0 Å². The minimum absolute atomic E-state index is 0.0165. The Morgan fingerprint density at radius 1 is 1.43 bits per heavy atom. The van der Waals surface area contributed by atoms with Gasteiger partial charge in [0.1, 0.15) is 0 Å². The molecule has 7 nitrogen and oxygen atoms in total. The van der Waals surface area contributed by atoms with E-state index in [9.17, 15) is 9.59 Å². The van der Waals surface area contributed by atoms with Crippen molar-refractivity contribution >= 4 is 17.5 Å². The lowest BCUT2D eigenvalue weighted by Crippen LogP contribution is -2.41. The predicted octanol–water partition coefficient (Wildman–Crippen LogP) is 2.88. The number of benzene rings is 1. The molecule has 1 aliphatic heterocycles. The third-order valence-corrected chi connectivity index (χ3v) is 3.54. The maximum atomic E-state index is 12.5. The van der Waals surface area contributed by atoms with Crippen molar-refractivity contribution < 1.29 is 9.59 Å². The molecule has 1 unspecified atom stereocenters. The van der Waals surface area contributed by atoms with Crippen molar-refractivity contribution in [3.05, 3.63) is 40.3 Å². The SMILES string of the molecule is CC(C)(C)NC(=O)c1ccccc1N1CC(CN=[N+]=[N-])CC1=O. The van der Waals surface area contributed by atoms with Crippen molar-refractivity contribution in [1.82, 2.24) is 5.32 Å². The van der Waals surface area contributed by atoms with Crippen LogP contribution in [0.25, 0.3) is 10.4 Å². The van der Waals surface area contributed by atoms with Crippen molar-refractivity contribution in [2.75, 3.05) is 18.0 Å². The topological polar surface area (TPSA) is 98.2 Å². The molecule has 122 valence electrons. The molecule has 1 fully saturated rings. The second-order valence-corrected chi connectivity index (χ2v) is 6.71. The van der Waals surface area contributed by atoms with E-state index in [1.54, 1.807) is 29.2 Å². The Kier molecular flexibility index (Phi) is 4.91. The van der Waals surface area contributed by atoms with Crippen LogP contribution >= 0.6 is 0 Å². The highest BCUT2D eigenvalue weighted by atomic mass is 16.2. The quantitative estimate of drug-likeness (QED) is 0.525. The van der Waals surface area contributed by atoms with Crippen LogP contribution in [0.2, 0.25) is 0 Å². The summed E-state index contributed by atoms with van der Waals surface area (Å²) in [6, 6.07) is 7.06. The number of nitrogens with zero attached hydrogens (tertiary/aromatic N) is 4. The van der Waals surface area contributed by atoms with E-state index in [4.69, 9.17) is 5.53 Å². The third kappa shape index (κ3) is 4.23. The van der Waals surface area contributed by atoms with E-state index in [1.807, 2.05) is 20.8 Å². The minimum atomic E-state index is -0.358. The molecule has 2 rings (SSSR count). The molecule has 0 spiro atoms. The van der Waals surface area contributed by atoms with Crippen LogP contribution in [0.1, 0.15) is 37.6 Å². The molecule has 1 aromatic rings. The van der Waals surface area contributed by atoms with Crippen molar-refractivity contribution in [1.29, 1.82) is 0 Å². The number of carbonyl (C=O) groups is 2. The van der Waals surface area contributed by atoms with Gasteiger partial charge in [-0.1, -0.05) is 17.2 Å². The predicted molar refractivity (Wildman–Crippen MR) is 88.1 cm³/mol. The van der Waals surface area contributed by atoms with Crippen LogP contribution in [-0.2, 0) is 4.79 Å². The highest BCUT2D eigenvalue weighted by molar-refractivity contribution is 6.05. The number of para-hydroxylation sites is 1. The average Bonchev–Trinajstić information content (AvgIpc) is 2.84. The van der Waals surface area contributed by atoms with Gasteiger partial charge in [0.05, 0.1) is 11.3 Å². The Labute approximate surface area is 135 Å². The molecule has 1 saturated heterocycles. The van der Waals surface area contributed by atoms with Crippen LogP contribution in [0.5, 0.6) is 0 Å². The van der Waals surface area contributed by atoms with Gasteiger partial charge in [-0.3, -0.25) is 9.59 Å². The standard InChI is InChI=1S/C16H21N5O2/c1-16(2,3)19-15(23)12-6-4-5-7-13(12)21-10-11(8-14(21)22)9-18-20-17/h4-7,11H,8-10H2,1-3H3,(H,19,23). The average molecular weight is 315 g/mol. The summed E-state index contributed by atoms with van der Waals surface area (Å²) >= 11 is 0. The van der Waals surface area contributed by atoms with E-state index in [0.717, 1.165) is 0 Å². The van der Waals surface area contributed by atoms with Gasteiger partial charge in [-0.05, 0) is 44.4 Å². The summed E-state index contributed by atoms with van der Waals surface area (Å²) in [5.41, 5.74) is 9.12. The first-order chi connectivity index (χ1) is 10.8. The summed E-state index contributed by atoms with van der Waals surface area (Å²) in [7, 11) is 0. The zero-order chi connectivity index (χ0) is 17.0. The summed E-state index contributed by atoms with van der Waals surface area (Å²) in [6.07, 6.45) is 0.328. The highest BCUT2D eigenvalue weighted by Gasteiger charge is 2.32. The molecule has 1 heterocycles. The molecule has 1 atom stereocenters. The monoisotopic (exact) mass is 315 g/mol. The Morgan fingerprint density at radius 2 is 2.13 bits per heavy atom. The van der Waals surface area contributed by atoms with E-state index in [1.165, 1.54) is 0 Å². The number of hydrogen-bond donors (Lipinski definition) is 1. The molecule has 23 heavy (non-hydrogen) atoms. The Bertz CT molecular complexity index is 659. The zero-order valence-corrected chi connectivity index (χ0v) is 13.6. The molecule has 1 N–H and O–H groups in total.